The van der Waals surface area contributed by atoms with Crippen LogP contribution in [0.25, 0.3) is 10.9 Å². The number of para-hydroxylation sites is 1. The third-order valence-electron chi connectivity index (χ3n) is 16.9. The largest absolute Gasteiger partial charge is 0.496 e. The number of nitrogens with one attached hydrogen (secondary N) is 4. The van der Waals surface area contributed by atoms with Gasteiger partial charge in [-0.25, -0.2) is 15.0 Å². The third-order valence-corrected chi connectivity index (χ3v) is 19.3. The second-order valence-electron chi connectivity index (χ2n) is 20.5. The van der Waals surface area contributed by atoms with E-state index in [1.807, 2.05) is 61.2 Å². The molecule has 11 atom stereocenters. The lowest BCUT2D eigenvalue weighted by molar-refractivity contribution is -0.204. The topological polar surface area (TPSA) is 256 Å². The number of aromatic nitrogens is 1. The summed E-state index contributed by atoms with van der Waals surface area (Å²) >= 11 is 0. The summed E-state index contributed by atoms with van der Waals surface area (Å²) in [6.45, 7) is 8.02. The zero-order valence-corrected chi connectivity index (χ0v) is 43.3. The number of methoxy groups -OCH3 is 2. The summed E-state index contributed by atoms with van der Waals surface area (Å²) in [6, 6.07) is 9.30. The van der Waals surface area contributed by atoms with Crippen molar-refractivity contribution in [3.8, 4) is 5.75 Å². The Bertz CT molecular complexity index is 2670. The molecule has 3 aromatic rings. The van der Waals surface area contributed by atoms with Crippen molar-refractivity contribution >= 4 is 68.0 Å². The number of likely N-dealkylation sites (N-methyl/N-ethyl adjacent to an activating group) is 1. The molecule has 1 aliphatic carbocycles. The lowest BCUT2D eigenvalue weighted by Crippen LogP contribution is -2.82. The van der Waals surface area contributed by atoms with Crippen LogP contribution >= 0.6 is 21.6 Å². The first-order valence-electron chi connectivity index (χ1n) is 24.8. The predicted octanol–water partition coefficient (Wildman–Crippen LogP) is 2.98. The molecule has 5 aliphatic heterocycles. The first kappa shape index (κ1) is 51.9. The molecular weight excluding hydrogens is 967 g/mol. The van der Waals surface area contributed by atoms with Crippen molar-refractivity contribution in [1.82, 2.24) is 31.0 Å². The number of hydrazine groups is 1. The average molecular weight is 1030 g/mol. The Kier molecular flexibility index (Phi) is 14.2. The molecule has 0 radical (unpaired) electrons. The number of nitrogens with zero attached hydrogens (tertiary/aromatic N) is 3. The molecule has 6 aliphatic rings. The number of hydrogen-bond acceptors (Lipinski definition) is 16. The van der Waals surface area contributed by atoms with Crippen molar-refractivity contribution in [3.63, 3.8) is 0 Å². The standard InChI is InChI=1S/C51H67N7O12S2/c1-7-47(66)24-30-25-50(45(64)69-6,39-32(14-18-57(26-30)28-47)31-12-9-10-13-35(31)53-39)34-22-33-37(23-38(34)68-5)56(4)42-49(33)16-19-58-17-11-15-48(8-2,41(49)58)43(62)51(42,67)44(63)54-55-46(65)70-20-21-71-72-27-36(40(60)61)52-29(3)59/h9-13,15,22-23,30,36,41-43,53,62,66-67H,7-8,14,16-21,24-28H2,1-6H3,(H,52,59)(H,54,63)(H,55,65)(H,60,61)/t30?,36-,41-,42+,43+,47-,48+,49+,50-,51-/m0/s1. The van der Waals surface area contributed by atoms with E-state index in [4.69, 9.17) is 14.2 Å². The van der Waals surface area contributed by atoms with Gasteiger partial charge in [-0.15, -0.1) is 0 Å². The summed E-state index contributed by atoms with van der Waals surface area (Å²) in [6.07, 6.45) is 3.87. The first-order valence-corrected chi connectivity index (χ1v) is 27.3. The number of carboxylic acids is 1. The monoisotopic (exact) mass is 1030 g/mol. The highest BCUT2D eigenvalue weighted by Gasteiger charge is 2.79. The van der Waals surface area contributed by atoms with Gasteiger partial charge in [0.05, 0.1) is 25.9 Å². The summed E-state index contributed by atoms with van der Waals surface area (Å²) in [7, 11) is 7.14. The molecular formula is C51H67N7O12S2. The number of carboxylic acid groups (broad SMARTS) is 1. The van der Waals surface area contributed by atoms with Crippen LogP contribution in [0.4, 0.5) is 10.5 Å². The number of carbonyl (C=O) groups is 5. The van der Waals surface area contributed by atoms with E-state index in [1.165, 1.54) is 35.6 Å². The van der Waals surface area contributed by atoms with Gasteiger partial charge in [0.1, 0.15) is 29.9 Å². The molecule has 6 heterocycles. The van der Waals surface area contributed by atoms with Gasteiger partial charge in [-0.3, -0.25) is 29.6 Å². The third kappa shape index (κ3) is 8.12. The lowest BCUT2D eigenvalue weighted by atomic mass is 9.47. The van der Waals surface area contributed by atoms with Crippen LogP contribution in [0.15, 0.2) is 48.6 Å². The Balaban J connectivity index is 1.12. The first-order chi connectivity index (χ1) is 34.4. The van der Waals surface area contributed by atoms with Gasteiger partial charge in [-0.2, -0.15) is 0 Å². The molecule has 2 bridgehead atoms. The minimum Gasteiger partial charge on any atom is -0.496 e. The Morgan fingerprint density at radius 2 is 1.76 bits per heavy atom. The van der Waals surface area contributed by atoms with Gasteiger partial charge in [0.2, 0.25) is 5.91 Å². The molecule has 1 spiro atoms. The van der Waals surface area contributed by atoms with E-state index in [-0.39, 0.29) is 30.5 Å². The van der Waals surface area contributed by atoms with Crippen LogP contribution in [0.1, 0.15) is 75.3 Å². The summed E-state index contributed by atoms with van der Waals surface area (Å²) in [5.41, 5.74) is 1.87. The van der Waals surface area contributed by atoms with Gasteiger partial charge < -0.3 is 49.8 Å². The summed E-state index contributed by atoms with van der Waals surface area (Å²) in [4.78, 5) is 76.5. The van der Waals surface area contributed by atoms with Crippen LogP contribution in [-0.4, -0.2) is 173 Å². The maximum Gasteiger partial charge on any atom is 0.426 e. The van der Waals surface area contributed by atoms with E-state index >= 15 is 4.79 Å². The molecule has 19 nitrogen and oxygen atoms in total. The van der Waals surface area contributed by atoms with Crippen molar-refractivity contribution in [1.29, 1.82) is 0 Å². The van der Waals surface area contributed by atoms with Crippen LogP contribution in [0.5, 0.6) is 5.75 Å². The normalized spacial score (nSPS) is 32.7. The number of hydrogen-bond donors (Lipinski definition) is 8. The van der Waals surface area contributed by atoms with E-state index in [0.717, 1.165) is 22.0 Å². The second-order valence-corrected chi connectivity index (χ2v) is 23.2. The number of ether oxygens (including phenoxy) is 3. The fourth-order valence-electron chi connectivity index (χ4n) is 14.0. The van der Waals surface area contributed by atoms with Gasteiger partial charge >= 0.3 is 18.0 Å². The molecule has 390 valence electrons. The number of aliphatic hydroxyl groups is 3. The molecule has 3 amide bonds. The highest BCUT2D eigenvalue weighted by molar-refractivity contribution is 8.76. The SMILES string of the molecule is CC[C@]1(O)CC2CN(CCc3c([nH]c4ccccc34)[C@@](C(=O)OC)(c3cc4c(cc3OC)N(C)[C@H]3[C@@](O)(C(=O)NNC(=O)OCCSSC[C@H](NC(C)=O)C(=O)O)[C@H](O)[C@]5(CC)C=CCN6CC[C@]43[C@@H]65)C2)C1. The van der Waals surface area contributed by atoms with E-state index < -0.39 is 81.5 Å². The molecule has 21 heteroatoms. The molecule has 2 saturated heterocycles. The smallest absolute Gasteiger partial charge is 0.426 e. The van der Waals surface area contributed by atoms with Crippen LogP contribution in [0, 0.1) is 11.3 Å². The van der Waals surface area contributed by atoms with Gasteiger partial charge in [0, 0.05) is 102 Å². The number of amides is 3. The number of esters is 1. The highest BCUT2D eigenvalue weighted by atomic mass is 33.1. The number of aliphatic carboxylic acids is 1. The number of fused-ring (bicyclic) bond motifs is 6. The average Bonchev–Trinajstić information content (AvgIpc) is 4.03. The maximum atomic E-state index is 15.4. The fraction of sp³-hybridized carbons (Fsp3) is 0.588. The van der Waals surface area contributed by atoms with Gasteiger partial charge in [-0.05, 0) is 74.2 Å². The summed E-state index contributed by atoms with van der Waals surface area (Å²) in [5, 5.41) is 51.0. The van der Waals surface area contributed by atoms with Crippen molar-refractivity contribution in [3.05, 3.63) is 70.9 Å². The van der Waals surface area contributed by atoms with Gasteiger partial charge in [0.25, 0.3) is 5.91 Å². The summed E-state index contributed by atoms with van der Waals surface area (Å²) < 4.78 is 17.6. The fourth-order valence-corrected chi connectivity index (χ4v) is 16.0. The number of carbonyl (C=O) groups excluding carboxylic acids is 4. The second kappa shape index (κ2) is 19.7. The molecule has 8 N–H and O–H groups in total. The molecule has 2 unspecified atom stereocenters. The van der Waals surface area contributed by atoms with Crippen molar-refractivity contribution < 1.29 is 58.6 Å². The van der Waals surface area contributed by atoms with Crippen LogP contribution in [-0.2, 0) is 45.9 Å². The molecule has 1 saturated carbocycles. The van der Waals surface area contributed by atoms with Gasteiger partial charge in [-0.1, -0.05) is 65.8 Å². The minimum absolute atomic E-state index is 0.0750. The van der Waals surface area contributed by atoms with E-state index in [9.17, 15) is 39.6 Å². The maximum absolute atomic E-state index is 15.4. The van der Waals surface area contributed by atoms with Gasteiger partial charge in [0.15, 0.2) is 5.60 Å². The Morgan fingerprint density at radius 1 is 0.986 bits per heavy atom. The number of aliphatic hydroxyl groups excluding tert-OH is 1. The minimum atomic E-state index is -2.57. The number of aromatic amines is 1. The number of piperidine rings is 1. The summed E-state index contributed by atoms with van der Waals surface area (Å²) in [5.74, 6) is -2.64. The lowest BCUT2D eigenvalue weighted by Gasteiger charge is -2.63. The number of benzene rings is 2. The number of H-pyrrole nitrogens is 1. The Labute approximate surface area is 426 Å². The predicted molar refractivity (Wildman–Crippen MR) is 272 cm³/mol. The molecule has 2 aromatic carbocycles. The van der Waals surface area contributed by atoms with Crippen LogP contribution in [0.3, 0.4) is 0 Å². The Morgan fingerprint density at radius 3 is 2.47 bits per heavy atom. The number of rotatable bonds is 14. The zero-order chi connectivity index (χ0) is 51.5. The molecule has 72 heavy (non-hydrogen) atoms. The molecule has 3 fully saturated rings. The van der Waals surface area contributed by atoms with Crippen molar-refractivity contribution in [2.45, 2.75) is 106 Å². The Hall–Kier alpha value is -5.03. The van der Waals surface area contributed by atoms with E-state index in [0.29, 0.717) is 87.5 Å². The zero-order valence-electron chi connectivity index (χ0n) is 41.6. The number of anilines is 1. The molecule has 1 aromatic heterocycles. The quantitative estimate of drug-likeness (QED) is 0.0380. The van der Waals surface area contributed by atoms with Crippen molar-refractivity contribution in [2.75, 3.05) is 77.0 Å². The van der Waals surface area contributed by atoms with Crippen LogP contribution in [0.2, 0.25) is 0 Å². The van der Waals surface area contributed by atoms with Crippen LogP contribution < -0.4 is 25.8 Å². The highest BCUT2D eigenvalue weighted by Crippen LogP contribution is 2.67. The molecule has 9 rings (SSSR count). The van der Waals surface area contributed by atoms with Crippen molar-refractivity contribution in [2.24, 2.45) is 11.3 Å². The van der Waals surface area contributed by atoms with E-state index in [2.05, 4.69) is 37.0 Å². The van der Waals surface area contributed by atoms with E-state index in [1.54, 1.807) is 14.2 Å².